The van der Waals surface area contributed by atoms with Gasteiger partial charge in [-0.05, 0) is 73.2 Å². The lowest BCUT2D eigenvalue weighted by atomic mass is 9.89. The summed E-state index contributed by atoms with van der Waals surface area (Å²) in [5.41, 5.74) is 1.74. The Morgan fingerprint density at radius 3 is 2.42 bits per heavy atom. The van der Waals surface area contributed by atoms with E-state index < -0.39 is 17.7 Å². The van der Waals surface area contributed by atoms with Crippen LogP contribution in [0.15, 0.2) is 71.3 Å². The average Bonchev–Trinajstić information content (AvgIpc) is 3.74. The van der Waals surface area contributed by atoms with Crippen LogP contribution in [0.1, 0.15) is 78.2 Å². The molecule has 4 heterocycles. The van der Waals surface area contributed by atoms with Crippen LogP contribution in [-0.2, 0) is 25.6 Å². The monoisotopic (exact) mass is 589 g/mol. The fourth-order valence-corrected chi connectivity index (χ4v) is 5.84. The number of halogens is 3. The highest BCUT2D eigenvalue weighted by Crippen LogP contribution is 2.45. The summed E-state index contributed by atoms with van der Waals surface area (Å²) in [6.07, 6.45) is -1.06. The third-order valence-electron chi connectivity index (χ3n) is 7.93. The molecule has 2 aliphatic heterocycles. The molecule has 2 aromatic carbocycles. The number of carboxylic acid groups (broad SMARTS) is 1. The summed E-state index contributed by atoms with van der Waals surface area (Å²) >= 11 is 0. The van der Waals surface area contributed by atoms with Crippen LogP contribution >= 0.6 is 0 Å². The maximum absolute atomic E-state index is 13.6. The highest BCUT2D eigenvalue weighted by molar-refractivity contribution is 6.10. The Balaban J connectivity index is 1.36. The van der Waals surface area contributed by atoms with Gasteiger partial charge in [-0.2, -0.15) is 13.2 Å². The number of furan rings is 1. The van der Waals surface area contributed by atoms with E-state index in [4.69, 9.17) is 9.40 Å². The maximum Gasteiger partial charge on any atom is 0.416 e. The lowest BCUT2D eigenvalue weighted by molar-refractivity contribution is -0.137. The molecular formula is C32H26F3N3O5. The van der Waals surface area contributed by atoms with Crippen LogP contribution in [0, 0.1) is 0 Å². The van der Waals surface area contributed by atoms with Crippen molar-refractivity contribution in [3.63, 3.8) is 0 Å². The summed E-state index contributed by atoms with van der Waals surface area (Å²) in [6.45, 7) is 0.736. The number of carbonyl (C=O) groups is 3. The second kappa shape index (κ2) is 11.0. The SMILES string of the molecule is O=C(NCc1ccco1)c1ccc(-c2c(C(=O)O)c(CCc3ccc(C(F)(F)F)cc3)nc3c2C(=O)N2CCC[C@@H]32)cc1. The number of hydrogen-bond donors (Lipinski definition) is 2. The third-order valence-corrected chi connectivity index (χ3v) is 7.93. The number of aryl methyl sites for hydroxylation is 2. The molecule has 2 aliphatic rings. The maximum atomic E-state index is 13.6. The van der Waals surface area contributed by atoms with Gasteiger partial charge in [0.25, 0.3) is 11.8 Å². The fourth-order valence-electron chi connectivity index (χ4n) is 5.84. The molecule has 0 aliphatic carbocycles. The third kappa shape index (κ3) is 5.38. The van der Waals surface area contributed by atoms with Gasteiger partial charge < -0.3 is 19.7 Å². The van der Waals surface area contributed by atoms with E-state index in [-0.39, 0.29) is 59.6 Å². The molecule has 6 rings (SSSR count). The largest absolute Gasteiger partial charge is 0.478 e. The Morgan fingerprint density at radius 1 is 1.02 bits per heavy atom. The zero-order valence-corrected chi connectivity index (χ0v) is 22.8. The van der Waals surface area contributed by atoms with Crippen LogP contribution in [0.2, 0.25) is 0 Å². The molecule has 2 N–H and O–H groups in total. The number of hydrogen-bond acceptors (Lipinski definition) is 5. The van der Waals surface area contributed by atoms with Crippen molar-refractivity contribution in [3.8, 4) is 11.1 Å². The lowest BCUT2D eigenvalue weighted by Gasteiger charge is -2.17. The summed E-state index contributed by atoms with van der Waals surface area (Å²) in [7, 11) is 0. The van der Waals surface area contributed by atoms with Crippen LogP contribution in [0.25, 0.3) is 11.1 Å². The van der Waals surface area contributed by atoms with Gasteiger partial charge in [0.2, 0.25) is 0 Å². The second-order valence-corrected chi connectivity index (χ2v) is 10.6. The van der Waals surface area contributed by atoms with Crippen LogP contribution in [0.4, 0.5) is 13.2 Å². The number of benzene rings is 2. The van der Waals surface area contributed by atoms with Crippen LogP contribution in [0.3, 0.4) is 0 Å². The number of fused-ring (bicyclic) bond motifs is 3. The van der Waals surface area contributed by atoms with Crippen molar-refractivity contribution in [1.82, 2.24) is 15.2 Å². The Bertz CT molecular complexity index is 1700. The zero-order valence-electron chi connectivity index (χ0n) is 22.8. The molecule has 2 amide bonds. The van der Waals surface area contributed by atoms with Gasteiger partial charge >= 0.3 is 12.1 Å². The molecule has 0 spiro atoms. The van der Waals surface area contributed by atoms with Crippen molar-refractivity contribution in [2.75, 3.05) is 6.54 Å². The number of pyridine rings is 1. The van der Waals surface area contributed by atoms with Gasteiger partial charge in [0.1, 0.15) is 5.76 Å². The van der Waals surface area contributed by atoms with Gasteiger partial charge in [-0.15, -0.1) is 0 Å². The normalized spacial score (nSPS) is 15.8. The number of alkyl halides is 3. The van der Waals surface area contributed by atoms with E-state index in [1.165, 1.54) is 18.4 Å². The molecule has 1 saturated heterocycles. The first kappa shape index (κ1) is 28.2. The minimum Gasteiger partial charge on any atom is -0.478 e. The summed E-state index contributed by atoms with van der Waals surface area (Å²) in [5, 5.41) is 13.2. The molecule has 1 atom stereocenters. The molecule has 2 aromatic heterocycles. The number of aromatic carboxylic acids is 1. The number of aromatic nitrogens is 1. The van der Waals surface area contributed by atoms with Gasteiger partial charge in [-0.3, -0.25) is 14.6 Å². The molecule has 220 valence electrons. The number of carbonyl (C=O) groups excluding carboxylic acids is 2. The molecular weight excluding hydrogens is 563 g/mol. The number of rotatable bonds is 8. The lowest BCUT2D eigenvalue weighted by Crippen LogP contribution is -2.23. The Hall–Kier alpha value is -4.93. The summed E-state index contributed by atoms with van der Waals surface area (Å²) in [5.74, 6) is -1.31. The molecule has 8 nitrogen and oxygen atoms in total. The minimum absolute atomic E-state index is 0.129. The molecule has 4 aromatic rings. The van der Waals surface area contributed by atoms with E-state index in [0.717, 1.165) is 18.6 Å². The Kier molecular flexibility index (Phi) is 7.25. The van der Waals surface area contributed by atoms with Gasteiger partial charge in [0.05, 0.1) is 46.9 Å². The highest BCUT2D eigenvalue weighted by Gasteiger charge is 2.44. The summed E-state index contributed by atoms with van der Waals surface area (Å²) < 4.78 is 44.3. The summed E-state index contributed by atoms with van der Waals surface area (Å²) in [4.78, 5) is 45.4. The van der Waals surface area contributed by atoms with Gasteiger partial charge in [0.15, 0.2) is 0 Å². The molecule has 0 saturated carbocycles. The molecule has 43 heavy (non-hydrogen) atoms. The van der Waals surface area contributed by atoms with Crippen molar-refractivity contribution in [2.24, 2.45) is 0 Å². The van der Waals surface area contributed by atoms with E-state index >= 15 is 0 Å². The average molecular weight is 590 g/mol. The van der Waals surface area contributed by atoms with Crippen molar-refractivity contribution in [3.05, 3.63) is 112 Å². The molecule has 0 radical (unpaired) electrons. The number of amides is 2. The molecule has 0 bridgehead atoms. The van der Waals surface area contributed by atoms with E-state index in [2.05, 4.69) is 5.32 Å². The predicted octanol–water partition coefficient (Wildman–Crippen LogP) is 6.06. The highest BCUT2D eigenvalue weighted by atomic mass is 19.4. The van der Waals surface area contributed by atoms with E-state index in [1.54, 1.807) is 41.3 Å². The van der Waals surface area contributed by atoms with Crippen molar-refractivity contribution < 1.29 is 37.1 Å². The first-order valence-corrected chi connectivity index (χ1v) is 13.8. The van der Waals surface area contributed by atoms with Gasteiger partial charge in [-0.1, -0.05) is 24.3 Å². The standard InChI is InChI=1S/C32H26F3N3O5/c33-32(34,35)21-12-5-18(6-13-21)7-14-23-26(31(41)42)25(27-28(37-23)24-4-1-15-38(24)30(27)40)19-8-10-20(11-9-19)29(39)36-17-22-3-2-16-43-22/h2-3,5-6,8-13,16,24H,1,4,7,14-15,17H2,(H,36,39)(H,41,42)/t24-/m0/s1. The molecule has 11 heteroatoms. The fraction of sp³-hybridized carbons (Fsp3) is 0.250. The minimum atomic E-state index is -4.46. The predicted molar refractivity (Wildman–Crippen MR) is 148 cm³/mol. The van der Waals surface area contributed by atoms with Crippen molar-refractivity contribution in [1.29, 1.82) is 0 Å². The molecule has 1 fully saturated rings. The van der Waals surface area contributed by atoms with E-state index in [1.807, 2.05) is 0 Å². The van der Waals surface area contributed by atoms with Gasteiger partial charge in [0, 0.05) is 17.7 Å². The number of nitrogens with zero attached hydrogens (tertiary/aromatic N) is 2. The van der Waals surface area contributed by atoms with Crippen molar-refractivity contribution in [2.45, 2.75) is 44.4 Å². The second-order valence-electron chi connectivity index (χ2n) is 10.6. The smallest absolute Gasteiger partial charge is 0.416 e. The Morgan fingerprint density at radius 2 is 1.77 bits per heavy atom. The first-order chi connectivity index (χ1) is 20.6. The van der Waals surface area contributed by atoms with Crippen LogP contribution in [-0.4, -0.2) is 39.3 Å². The van der Waals surface area contributed by atoms with E-state index in [0.29, 0.717) is 41.1 Å². The van der Waals surface area contributed by atoms with Crippen LogP contribution in [0.5, 0.6) is 0 Å². The topological polar surface area (TPSA) is 113 Å². The summed E-state index contributed by atoms with van der Waals surface area (Å²) in [6, 6.07) is 14.3. The first-order valence-electron chi connectivity index (χ1n) is 13.8. The molecule has 0 unspecified atom stereocenters. The van der Waals surface area contributed by atoms with Gasteiger partial charge in [-0.25, -0.2) is 4.79 Å². The Labute approximate surface area is 244 Å². The number of carboxylic acids is 1. The zero-order chi connectivity index (χ0) is 30.3. The number of nitrogens with one attached hydrogen (secondary N) is 1. The van der Waals surface area contributed by atoms with Crippen molar-refractivity contribution >= 4 is 17.8 Å². The quantitative estimate of drug-likeness (QED) is 0.258. The van der Waals surface area contributed by atoms with E-state index in [9.17, 15) is 32.7 Å². The van der Waals surface area contributed by atoms with Crippen LogP contribution < -0.4 is 5.32 Å².